The van der Waals surface area contributed by atoms with Crippen LogP contribution >= 0.6 is 23.4 Å². The SMILES string of the molecule is COc1cc(C=C2SC(=Nc3ccc(C(=O)O)cc3)NC2=O)cc(Cl)c1O. The molecule has 1 aliphatic rings. The minimum Gasteiger partial charge on any atom is -0.503 e. The van der Waals surface area contributed by atoms with Crippen molar-refractivity contribution in [2.24, 2.45) is 4.99 Å². The highest BCUT2D eigenvalue weighted by molar-refractivity contribution is 8.18. The van der Waals surface area contributed by atoms with Crippen molar-refractivity contribution in [3.8, 4) is 11.5 Å². The van der Waals surface area contributed by atoms with E-state index in [9.17, 15) is 14.7 Å². The average molecular weight is 405 g/mol. The number of aromatic carboxylic acids is 1. The highest BCUT2D eigenvalue weighted by atomic mass is 35.5. The maximum absolute atomic E-state index is 12.2. The molecule has 3 N–H and O–H groups in total. The van der Waals surface area contributed by atoms with E-state index < -0.39 is 5.97 Å². The van der Waals surface area contributed by atoms with Crippen LogP contribution in [0.2, 0.25) is 5.02 Å². The number of ether oxygens (including phenoxy) is 1. The third-order valence-corrected chi connectivity index (χ3v) is 4.76. The van der Waals surface area contributed by atoms with Gasteiger partial charge in [0.25, 0.3) is 5.91 Å². The topological polar surface area (TPSA) is 108 Å². The summed E-state index contributed by atoms with van der Waals surface area (Å²) in [6, 6.07) is 9.04. The maximum atomic E-state index is 12.2. The Morgan fingerprint density at radius 3 is 2.63 bits per heavy atom. The van der Waals surface area contributed by atoms with Gasteiger partial charge in [0.05, 0.1) is 28.3 Å². The first-order chi connectivity index (χ1) is 12.9. The second kappa shape index (κ2) is 7.73. The van der Waals surface area contributed by atoms with Gasteiger partial charge in [-0.2, -0.15) is 0 Å². The summed E-state index contributed by atoms with van der Waals surface area (Å²) in [5, 5.41) is 21.8. The van der Waals surface area contributed by atoms with Crippen LogP contribution in [0.3, 0.4) is 0 Å². The number of halogens is 1. The molecular formula is C18H13ClN2O5S. The molecule has 0 aromatic heterocycles. The molecule has 7 nitrogen and oxygen atoms in total. The Labute approximate surface area is 163 Å². The Balaban J connectivity index is 1.84. The summed E-state index contributed by atoms with van der Waals surface area (Å²) in [6.45, 7) is 0. The highest BCUT2D eigenvalue weighted by Crippen LogP contribution is 2.36. The molecule has 27 heavy (non-hydrogen) atoms. The van der Waals surface area contributed by atoms with Gasteiger partial charge in [-0.05, 0) is 59.8 Å². The van der Waals surface area contributed by atoms with Crippen LogP contribution in [0.25, 0.3) is 6.08 Å². The first-order valence-corrected chi connectivity index (χ1v) is 8.76. The number of aromatic hydroxyl groups is 1. The first kappa shape index (κ1) is 18.8. The molecule has 1 aliphatic heterocycles. The van der Waals surface area contributed by atoms with Crippen LogP contribution in [0, 0.1) is 0 Å². The summed E-state index contributed by atoms with van der Waals surface area (Å²) in [5.74, 6) is -1.32. The minimum absolute atomic E-state index is 0.108. The zero-order chi connectivity index (χ0) is 19.6. The van der Waals surface area contributed by atoms with Gasteiger partial charge >= 0.3 is 5.97 Å². The number of carbonyl (C=O) groups excluding carboxylic acids is 1. The quantitative estimate of drug-likeness (QED) is 0.671. The fourth-order valence-corrected chi connectivity index (χ4v) is 3.32. The van der Waals surface area contributed by atoms with E-state index in [-0.39, 0.29) is 28.0 Å². The van der Waals surface area contributed by atoms with Gasteiger partial charge in [0.15, 0.2) is 16.7 Å². The zero-order valence-electron chi connectivity index (χ0n) is 13.9. The number of rotatable bonds is 4. The monoisotopic (exact) mass is 404 g/mol. The van der Waals surface area contributed by atoms with Gasteiger partial charge < -0.3 is 20.3 Å². The molecule has 9 heteroatoms. The fourth-order valence-electron chi connectivity index (χ4n) is 2.26. The van der Waals surface area contributed by atoms with E-state index in [1.54, 1.807) is 24.3 Å². The Kier molecular flexibility index (Phi) is 5.38. The first-order valence-electron chi connectivity index (χ1n) is 7.57. The van der Waals surface area contributed by atoms with Crippen molar-refractivity contribution in [3.63, 3.8) is 0 Å². The molecule has 138 valence electrons. The standard InChI is InChI=1S/C18H13ClN2O5S/c1-26-13-7-9(6-12(19)15(13)22)8-14-16(23)21-18(27-14)20-11-4-2-10(3-5-11)17(24)25/h2-8,22H,1H3,(H,24,25)(H,20,21,23). The Hall–Kier alpha value is -2.97. The van der Waals surface area contributed by atoms with E-state index >= 15 is 0 Å². The third kappa shape index (κ3) is 4.24. The average Bonchev–Trinajstić information content (AvgIpc) is 2.97. The van der Waals surface area contributed by atoms with Crippen LogP contribution in [0.15, 0.2) is 46.3 Å². The van der Waals surface area contributed by atoms with Gasteiger partial charge in [0.2, 0.25) is 0 Å². The lowest BCUT2D eigenvalue weighted by Crippen LogP contribution is -2.19. The molecule has 2 aromatic rings. The number of benzene rings is 2. The van der Waals surface area contributed by atoms with E-state index in [2.05, 4.69) is 10.3 Å². The van der Waals surface area contributed by atoms with Gasteiger partial charge in [-0.1, -0.05) is 11.6 Å². The molecule has 1 heterocycles. The van der Waals surface area contributed by atoms with Gasteiger partial charge in [-0.3, -0.25) is 4.79 Å². The van der Waals surface area contributed by atoms with Crippen molar-refractivity contribution in [1.82, 2.24) is 5.32 Å². The molecular weight excluding hydrogens is 392 g/mol. The summed E-state index contributed by atoms with van der Waals surface area (Å²) in [6.07, 6.45) is 1.60. The third-order valence-electron chi connectivity index (χ3n) is 3.56. The number of carbonyl (C=O) groups is 2. The van der Waals surface area contributed by atoms with Crippen molar-refractivity contribution < 1.29 is 24.5 Å². The number of methoxy groups -OCH3 is 1. The van der Waals surface area contributed by atoms with Gasteiger partial charge in [-0.15, -0.1) is 0 Å². The number of nitrogens with zero attached hydrogens (tertiary/aromatic N) is 1. The predicted octanol–water partition coefficient (Wildman–Crippen LogP) is 3.64. The molecule has 0 unspecified atom stereocenters. The smallest absolute Gasteiger partial charge is 0.335 e. The van der Waals surface area contributed by atoms with Gasteiger partial charge in [-0.25, -0.2) is 9.79 Å². The number of nitrogens with one attached hydrogen (secondary N) is 1. The van der Waals surface area contributed by atoms with Crippen molar-refractivity contribution in [2.45, 2.75) is 0 Å². The predicted molar refractivity (Wildman–Crippen MR) is 104 cm³/mol. The summed E-state index contributed by atoms with van der Waals surface area (Å²) < 4.78 is 5.05. The lowest BCUT2D eigenvalue weighted by atomic mass is 10.2. The van der Waals surface area contributed by atoms with E-state index in [0.717, 1.165) is 11.8 Å². The molecule has 3 rings (SSSR count). The second-order valence-electron chi connectivity index (χ2n) is 5.39. The molecule has 0 aliphatic carbocycles. The largest absolute Gasteiger partial charge is 0.503 e. The summed E-state index contributed by atoms with van der Waals surface area (Å²) >= 11 is 7.09. The number of amidine groups is 1. The number of amides is 1. The number of carboxylic acids is 1. The molecule has 1 amide bonds. The number of hydrogen-bond acceptors (Lipinski definition) is 6. The van der Waals surface area contributed by atoms with Crippen molar-refractivity contribution in [3.05, 3.63) is 57.5 Å². The molecule has 1 fully saturated rings. The number of hydrogen-bond donors (Lipinski definition) is 3. The number of aliphatic imine (C=N–C) groups is 1. The second-order valence-corrected chi connectivity index (χ2v) is 6.83. The number of phenolic OH excluding ortho intramolecular Hbond substituents is 1. The van der Waals surface area contributed by atoms with Gasteiger partial charge in [0.1, 0.15) is 0 Å². The number of carboxylic acid groups (broad SMARTS) is 1. The molecule has 0 spiro atoms. The lowest BCUT2D eigenvalue weighted by Gasteiger charge is -2.06. The minimum atomic E-state index is -1.02. The van der Waals surface area contributed by atoms with Crippen LogP contribution in [0.4, 0.5) is 5.69 Å². The van der Waals surface area contributed by atoms with Crippen LogP contribution in [-0.4, -0.2) is 34.4 Å². The molecule has 0 saturated carbocycles. The van der Waals surface area contributed by atoms with Crippen LogP contribution < -0.4 is 10.1 Å². The number of phenols is 1. The summed E-state index contributed by atoms with van der Waals surface area (Å²) in [5.41, 5.74) is 1.25. The van der Waals surface area contributed by atoms with E-state index in [4.69, 9.17) is 21.4 Å². The van der Waals surface area contributed by atoms with Crippen LogP contribution in [-0.2, 0) is 4.79 Å². The maximum Gasteiger partial charge on any atom is 0.335 e. The van der Waals surface area contributed by atoms with E-state index in [1.165, 1.54) is 25.3 Å². The highest BCUT2D eigenvalue weighted by Gasteiger charge is 2.24. The van der Waals surface area contributed by atoms with Crippen molar-refractivity contribution >= 4 is 52.2 Å². The summed E-state index contributed by atoms with van der Waals surface area (Å²) in [7, 11) is 1.40. The number of thioether (sulfide) groups is 1. The Bertz CT molecular complexity index is 986. The van der Waals surface area contributed by atoms with Crippen LogP contribution in [0.5, 0.6) is 11.5 Å². The molecule has 1 saturated heterocycles. The normalized spacial score (nSPS) is 16.6. The lowest BCUT2D eigenvalue weighted by molar-refractivity contribution is -0.115. The molecule has 0 atom stereocenters. The molecule has 0 bridgehead atoms. The van der Waals surface area contributed by atoms with Crippen molar-refractivity contribution in [2.75, 3.05) is 7.11 Å². The fraction of sp³-hybridized carbons (Fsp3) is 0.0556. The molecule has 2 aromatic carbocycles. The van der Waals surface area contributed by atoms with Crippen molar-refractivity contribution in [1.29, 1.82) is 0 Å². The zero-order valence-corrected chi connectivity index (χ0v) is 15.5. The van der Waals surface area contributed by atoms with Crippen LogP contribution in [0.1, 0.15) is 15.9 Å². The van der Waals surface area contributed by atoms with E-state index in [0.29, 0.717) is 21.3 Å². The molecule has 0 radical (unpaired) electrons. The summed E-state index contributed by atoms with van der Waals surface area (Å²) in [4.78, 5) is 27.7. The van der Waals surface area contributed by atoms with E-state index in [1.807, 2.05) is 0 Å². The Morgan fingerprint density at radius 1 is 1.30 bits per heavy atom. The van der Waals surface area contributed by atoms with Gasteiger partial charge in [0, 0.05) is 0 Å². The Morgan fingerprint density at radius 2 is 2.00 bits per heavy atom.